The molecule has 0 spiro atoms. The molecular weight excluding hydrogens is 566 g/mol. The van der Waals surface area contributed by atoms with E-state index in [1.807, 2.05) is 0 Å². The number of hydrogen-bond donors (Lipinski definition) is 1. The van der Waals surface area contributed by atoms with E-state index >= 15 is 0 Å². The van der Waals surface area contributed by atoms with Gasteiger partial charge in [-0.1, -0.05) is 24.3 Å². The van der Waals surface area contributed by atoms with E-state index in [0.29, 0.717) is 22.0 Å². The Bertz CT molecular complexity index is 1850. The Morgan fingerprint density at radius 3 is 2.19 bits per heavy atom. The van der Waals surface area contributed by atoms with Gasteiger partial charge >= 0.3 is 0 Å². The summed E-state index contributed by atoms with van der Waals surface area (Å²) in [6, 6.07) is 15.5. The number of carbonyl (C=O) groups is 2. The van der Waals surface area contributed by atoms with Gasteiger partial charge in [0.1, 0.15) is 16.4 Å². The van der Waals surface area contributed by atoms with Crippen LogP contribution in [0, 0.1) is 11.6 Å². The normalized spacial score (nSPS) is 14.3. The van der Waals surface area contributed by atoms with Crippen molar-refractivity contribution in [2.45, 2.75) is 29.9 Å². The van der Waals surface area contributed by atoms with E-state index in [1.54, 1.807) is 30.3 Å². The molecule has 0 saturated carbocycles. The highest BCUT2D eigenvalue weighted by molar-refractivity contribution is 7.93. The Morgan fingerprint density at radius 2 is 1.52 bits per heavy atom. The van der Waals surface area contributed by atoms with Gasteiger partial charge in [0.15, 0.2) is 9.84 Å². The van der Waals surface area contributed by atoms with E-state index in [1.165, 1.54) is 35.8 Å². The largest absolute Gasteiger partial charge is 0.338 e. The first kappa shape index (κ1) is 29.1. The number of aromatic amines is 1. The molecule has 5 rings (SSSR count). The Balaban J connectivity index is 1.29. The lowest BCUT2D eigenvalue weighted by molar-refractivity contribution is -0.134. The Morgan fingerprint density at radius 1 is 0.905 bits per heavy atom. The van der Waals surface area contributed by atoms with Gasteiger partial charge in [-0.05, 0) is 61.9 Å². The fraction of sp³-hybridized carbons (Fsp3) is 0.267. The van der Waals surface area contributed by atoms with Crippen molar-refractivity contribution in [2.75, 3.05) is 26.2 Å². The summed E-state index contributed by atoms with van der Waals surface area (Å²) < 4.78 is 52.7. The number of rotatable bonds is 6. The topological polar surface area (TPSA) is 121 Å². The molecule has 1 aliphatic heterocycles. The predicted molar refractivity (Wildman–Crippen MR) is 152 cm³/mol. The molecule has 1 N–H and O–H groups in total. The van der Waals surface area contributed by atoms with Crippen molar-refractivity contribution < 1.29 is 26.8 Å². The second kappa shape index (κ2) is 11.1. The van der Waals surface area contributed by atoms with Crippen LogP contribution in [0.3, 0.4) is 0 Å². The zero-order chi connectivity index (χ0) is 30.2. The molecule has 2 amide bonds. The van der Waals surface area contributed by atoms with Gasteiger partial charge in [-0.2, -0.15) is 5.10 Å². The number of nitrogens with zero attached hydrogens (tertiary/aromatic N) is 3. The highest BCUT2D eigenvalue weighted by Crippen LogP contribution is 2.28. The molecule has 0 aliphatic carbocycles. The van der Waals surface area contributed by atoms with Crippen molar-refractivity contribution in [1.82, 2.24) is 20.0 Å². The van der Waals surface area contributed by atoms with Crippen molar-refractivity contribution in [3.63, 3.8) is 0 Å². The van der Waals surface area contributed by atoms with Crippen LogP contribution >= 0.6 is 0 Å². The number of halogens is 2. The van der Waals surface area contributed by atoms with Gasteiger partial charge in [-0.25, -0.2) is 22.3 Å². The van der Waals surface area contributed by atoms with Gasteiger partial charge < -0.3 is 9.80 Å². The molecule has 1 aliphatic rings. The third-order valence-electron chi connectivity index (χ3n) is 7.57. The molecule has 2 heterocycles. The van der Waals surface area contributed by atoms with Crippen LogP contribution in [-0.4, -0.2) is 71.2 Å². The molecular formula is C30H28F2N4O5S. The summed E-state index contributed by atoms with van der Waals surface area (Å²) in [5.41, 5.74) is 0.727. The fourth-order valence-electron chi connectivity index (χ4n) is 5.03. The Labute approximate surface area is 240 Å². The van der Waals surface area contributed by atoms with Crippen molar-refractivity contribution in [3.8, 4) is 0 Å². The minimum absolute atomic E-state index is 0.0571. The highest BCUT2D eigenvalue weighted by atomic mass is 32.2. The summed E-state index contributed by atoms with van der Waals surface area (Å²) in [6.07, 6.45) is 0.248. The number of aromatic nitrogens is 2. The molecule has 4 aromatic rings. The van der Waals surface area contributed by atoms with Gasteiger partial charge in [0.05, 0.1) is 21.5 Å². The maximum Gasteiger partial charge on any atom is 0.272 e. The second-order valence-corrected chi connectivity index (χ2v) is 13.1. The third-order valence-corrected chi connectivity index (χ3v) is 9.98. The quantitative estimate of drug-likeness (QED) is 0.342. The summed E-state index contributed by atoms with van der Waals surface area (Å²) in [7, 11) is -4.14. The highest BCUT2D eigenvalue weighted by Gasteiger charge is 2.45. The number of amides is 2. The van der Waals surface area contributed by atoms with Gasteiger partial charge in [0, 0.05) is 38.0 Å². The second-order valence-electron chi connectivity index (χ2n) is 10.6. The molecule has 1 aromatic heterocycles. The van der Waals surface area contributed by atoms with E-state index < -0.39 is 38.0 Å². The number of hydrogen-bond acceptors (Lipinski definition) is 6. The molecule has 0 radical (unpaired) electrons. The molecule has 1 saturated heterocycles. The molecule has 1 fully saturated rings. The first-order valence-electron chi connectivity index (χ1n) is 13.2. The zero-order valence-electron chi connectivity index (χ0n) is 22.9. The summed E-state index contributed by atoms with van der Waals surface area (Å²) in [5, 5.41) is 7.75. The number of sulfone groups is 1. The van der Waals surface area contributed by atoms with Crippen molar-refractivity contribution in [3.05, 3.63) is 106 Å². The molecule has 9 nitrogen and oxygen atoms in total. The van der Waals surface area contributed by atoms with E-state index in [4.69, 9.17) is 0 Å². The number of benzene rings is 3. The van der Waals surface area contributed by atoms with E-state index in [-0.39, 0.29) is 48.6 Å². The average Bonchev–Trinajstić information content (AvgIpc) is 2.99. The van der Waals surface area contributed by atoms with Gasteiger partial charge in [-0.3, -0.25) is 14.4 Å². The van der Waals surface area contributed by atoms with Gasteiger partial charge in [0.2, 0.25) is 5.91 Å². The van der Waals surface area contributed by atoms with Crippen LogP contribution < -0.4 is 5.56 Å². The molecule has 12 heteroatoms. The first-order chi connectivity index (χ1) is 19.9. The minimum Gasteiger partial charge on any atom is -0.338 e. The minimum atomic E-state index is -4.14. The van der Waals surface area contributed by atoms with Crippen LogP contribution in [0.2, 0.25) is 0 Å². The summed E-state index contributed by atoms with van der Waals surface area (Å²) in [4.78, 5) is 41.4. The standard InChI is InChI=1S/C30H28F2N4O5S/c1-30(2,42(40,41)21-10-8-20(31)9-11-21)29(39)36-15-13-35(14-16-36)28(38)24-17-19(7-12-25(24)32)18-26-22-5-3-4-6-23(22)27(37)34-33-26/h3-12,17H,13-16,18H2,1-2H3,(H,34,37). The van der Waals surface area contributed by atoms with Crippen LogP contribution in [0.4, 0.5) is 8.78 Å². The monoisotopic (exact) mass is 594 g/mol. The van der Waals surface area contributed by atoms with Gasteiger partial charge in [-0.15, -0.1) is 0 Å². The van der Waals surface area contributed by atoms with E-state index in [2.05, 4.69) is 10.2 Å². The molecule has 0 bridgehead atoms. The van der Waals surface area contributed by atoms with E-state index in [9.17, 15) is 31.6 Å². The fourth-order valence-corrected chi connectivity index (χ4v) is 6.48. The number of fused-ring (bicyclic) bond motifs is 1. The number of carbonyl (C=O) groups excluding carboxylic acids is 2. The zero-order valence-corrected chi connectivity index (χ0v) is 23.7. The average molecular weight is 595 g/mol. The van der Waals surface area contributed by atoms with Crippen LogP contribution in [0.1, 0.15) is 35.5 Å². The molecule has 42 heavy (non-hydrogen) atoms. The SMILES string of the molecule is CC(C)(C(=O)N1CCN(C(=O)c2cc(Cc3n[nH]c(=O)c4ccccc34)ccc2F)CC1)S(=O)(=O)c1ccc(F)cc1. The molecule has 218 valence electrons. The first-order valence-corrected chi connectivity index (χ1v) is 14.7. The van der Waals surface area contributed by atoms with Crippen LogP contribution in [0.5, 0.6) is 0 Å². The third kappa shape index (κ3) is 5.29. The van der Waals surface area contributed by atoms with Crippen molar-refractivity contribution >= 4 is 32.4 Å². The smallest absolute Gasteiger partial charge is 0.272 e. The number of piperazine rings is 1. The van der Waals surface area contributed by atoms with Crippen LogP contribution in [-0.2, 0) is 21.1 Å². The summed E-state index contributed by atoms with van der Waals surface area (Å²) >= 11 is 0. The summed E-state index contributed by atoms with van der Waals surface area (Å²) in [5.74, 6) is -2.50. The Hall–Kier alpha value is -4.45. The number of H-pyrrole nitrogens is 1. The Kier molecular flexibility index (Phi) is 7.67. The van der Waals surface area contributed by atoms with Crippen LogP contribution in [0.25, 0.3) is 10.8 Å². The lowest BCUT2D eigenvalue weighted by Gasteiger charge is -2.38. The maximum absolute atomic E-state index is 14.8. The van der Waals surface area contributed by atoms with E-state index in [0.717, 1.165) is 24.3 Å². The predicted octanol–water partition coefficient (Wildman–Crippen LogP) is 3.33. The molecule has 3 aromatic carbocycles. The number of nitrogens with one attached hydrogen (secondary N) is 1. The summed E-state index contributed by atoms with van der Waals surface area (Å²) in [6.45, 7) is 2.86. The lowest BCUT2D eigenvalue weighted by Crippen LogP contribution is -2.57. The van der Waals surface area contributed by atoms with Crippen molar-refractivity contribution in [2.24, 2.45) is 0 Å². The molecule has 0 atom stereocenters. The molecule has 0 unspecified atom stereocenters. The van der Waals surface area contributed by atoms with Crippen LogP contribution in [0.15, 0.2) is 76.4 Å². The lowest BCUT2D eigenvalue weighted by atomic mass is 10.0. The van der Waals surface area contributed by atoms with Crippen molar-refractivity contribution in [1.29, 1.82) is 0 Å². The van der Waals surface area contributed by atoms with Gasteiger partial charge in [0.25, 0.3) is 11.5 Å². The maximum atomic E-state index is 14.8.